The lowest BCUT2D eigenvalue weighted by atomic mass is 9.86. The van der Waals surface area contributed by atoms with Crippen LogP contribution < -0.4 is 5.32 Å². The summed E-state index contributed by atoms with van der Waals surface area (Å²) in [6.45, 7) is 4.97. The Morgan fingerprint density at radius 2 is 2.19 bits per heavy atom. The van der Waals surface area contributed by atoms with Crippen LogP contribution in [0, 0.1) is 0 Å². The quantitative estimate of drug-likeness (QED) is 0.838. The normalized spacial score (nSPS) is 21.0. The molecule has 2 rings (SSSR count). The van der Waals surface area contributed by atoms with E-state index in [0.717, 1.165) is 30.2 Å². The van der Waals surface area contributed by atoms with Crippen LogP contribution >= 0.6 is 27.5 Å². The molecule has 1 atom stereocenters. The van der Waals surface area contributed by atoms with Gasteiger partial charge in [0, 0.05) is 17.1 Å². The Kier molecular flexibility index (Phi) is 5.69. The van der Waals surface area contributed by atoms with Gasteiger partial charge >= 0.3 is 0 Å². The smallest absolute Gasteiger partial charge is 0.253 e. The first-order valence-corrected chi connectivity index (χ1v) is 8.57. The van der Waals surface area contributed by atoms with Crippen molar-refractivity contribution in [1.29, 1.82) is 0 Å². The molecule has 1 aromatic rings. The van der Waals surface area contributed by atoms with Gasteiger partial charge in [0.2, 0.25) is 0 Å². The molecule has 0 bridgehead atoms. The van der Waals surface area contributed by atoms with Crippen molar-refractivity contribution in [2.45, 2.75) is 51.2 Å². The molecule has 0 aliphatic carbocycles. The number of hydrogen-bond donors (Lipinski definition) is 1. The molecule has 0 radical (unpaired) electrons. The van der Waals surface area contributed by atoms with Gasteiger partial charge in [0.25, 0.3) is 5.91 Å². The minimum atomic E-state index is -0.116. The Balaban J connectivity index is 2.07. The van der Waals surface area contributed by atoms with Crippen molar-refractivity contribution in [2.24, 2.45) is 0 Å². The van der Waals surface area contributed by atoms with Crippen LogP contribution in [-0.4, -0.2) is 24.2 Å². The van der Waals surface area contributed by atoms with Crippen molar-refractivity contribution in [3.05, 3.63) is 33.3 Å². The summed E-state index contributed by atoms with van der Waals surface area (Å²) in [5, 5.41) is 3.56. The van der Waals surface area contributed by atoms with Crippen molar-refractivity contribution in [1.82, 2.24) is 5.32 Å². The highest BCUT2D eigenvalue weighted by atomic mass is 79.9. The van der Waals surface area contributed by atoms with Gasteiger partial charge in [-0.05, 0) is 53.7 Å². The monoisotopic (exact) mass is 373 g/mol. The molecular formula is C16H21BrClNO2. The lowest BCUT2D eigenvalue weighted by Gasteiger charge is -2.40. The predicted molar refractivity (Wildman–Crippen MR) is 88.9 cm³/mol. The molecule has 1 amide bonds. The highest BCUT2D eigenvalue weighted by molar-refractivity contribution is 9.10. The van der Waals surface area contributed by atoms with Gasteiger partial charge in [0.05, 0.1) is 16.2 Å². The molecule has 1 aliphatic rings. The zero-order chi connectivity index (χ0) is 15.5. The van der Waals surface area contributed by atoms with Crippen molar-refractivity contribution in [2.75, 3.05) is 6.61 Å². The molecule has 1 saturated heterocycles. The molecule has 116 valence electrons. The third-order valence-electron chi connectivity index (χ3n) is 4.31. The molecule has 3 nitrogen and oxygen atoms in total. The molecule has 0 saturated carbocycles. The number of nitrogens with one attached hydrogen (secondary N) is 1. The van der Waals surface area contributed by atoms with Gasteiger partial charge in [0.1, 0.15) is 0 Å². The van der Waals surface area contributed by atoms with Crippen molar-refractivity contribution in [3.8, 4) is 0 Å². The van der Waals surface area contributed by atoms with E-state index in [1.54, 1.807) is 6.07 Å². The zero-order valence-corrected chi connectivity index (χ0v) is 14.8. The summed E-state index contributed by atoms with van der Waals surface area (Å²) in [5.74, 6) is -0.116. The molecule has 5 heteroatoms. The second-order valence-corrected chi connectivity index (χ2v) is 6.74. The average molecular weight is 375 g/mol. The topological polar surface area (TPSA) is 38.3 Å². The van der Waals surface area contributed by atoms with E-state index < -0.39 is 0 Å². The molecule has 1 aliphatic heterocycles. The molecule has 1 aromatic carbocycles. The van der Waals surface area contributed by atoms with E-state index >= 15 is 0 Å². The fourth-order valence-corrected chi connectivity index (χ4v) is 3.41. The molecule has 1 fully saturated rings. The molecule has 0 aromatic heterocycles. The van der Waals surface area contributed by atoms with Crippen LogP contribution in [-0.2, 0) is 4.74 Å². The van der Waals surface area contributed by atoms with E-state index in [4.69, 9.17) is 16.3 Å². The minimum absolute atomic E-state index is 0.0999. The summed E-state index contributed by atoms with van der Waals surface area (Å²) in [7, 11) is 0. The summed E-state index contributed by atoms with van der Waals surface area (Å²) in [6.07, 6.45) is 3.64. The largest absolute Gasteiger partial charge is 0.375 e. The Morgan fingerprint density at radius 1 is 1.48 bits per heavy atom. The van der Waals surface area contributed by atoms with Gasteiger partial charge < -0.3 is 10.1 Å². The van der Waals surface area contributed by atoms with E-state index in [9.17, 15) is 4.79 Å². The van der Waals surface area contributed by atoms with Crippen molar-refractivity contribution >= 4 is 33.4 Å². The van der Waals surface area contributed by atoms with Crippen LogP contribution in [0.2, 0.25) is 5.02 Å². The highest BCUT2D eigenvalue weighted by Gasteiger charge is 2.35. The molecule has 1 heterocycles. The Labute approximate surface area is 139 Å². The SMILES string of the molecule is CCC1(CC)CC(NC(=O)c2cccc(Br)c2Cl)CCO1. The predicted octanol–water partition coefficient (Wildman–Crippen LogP) is 4.57. The standard InChI is InChI=1S/C16H21BrClNO2/c1-3-16(4-2)10-11(8-9-21-16)19-15(20)12-6-5-7-13(17)14(12)18/h5-7,11H,3-4,8-10H2,1-2H3,(H,19,20). The first-order chi connectivity index (χ1) is 10.0. The fraction of sp³-hybridized carbons (Fsp3) is 0.562. The minimum Gasteiger partial charge on any atom is -0.375 e. The van der Waals surface area contributed by atoms with Gasteiger partial charge in [0.15, 0.2) is 0 Å². The summed E-state index contributed by atoms with van der Waals surface area (Å²) in [6, 6.07) is 5.53. The van der Waals surface area contributed by atoms with Crippen LogP contribution in [0.3, 0.4) is 0 Å². The van der Waals surface area contributed by atoms with Gasteiger partial charge in [-0.15, -0.1) is 0 Å². The average Bonchev–Trinajstić information content (AvgIpc) is 2.50. The van der Waals surface area contributed by atoms with E-state index in [0.29, 0.717) is 17.2 Å². The molecule has 1 N–H and O–H groups in total. The summed E-state index contributed by atoms with van der Waals surface area (Å²) in [4.78, 5) is 12.4. The number of amides is 1. The number of ether oxygens (including phenoxy) is 1. The second-order valence-electron chi connectivity index (χ2n) is 5.50. The van der Waals surface area contributed by atoms with E-state index in [1.807, 2.05) is 12.1 Å². The zero-order valence-electron chi connectivity index (χ0n) is 12.4. The molecule has 0 spiro atoms. The van der Waals surface area contributed by atoms with Crippen molar-refractivity contribution < 1.29 is 9.53 Å². The van der Waals surface area contributed by atoms with Crippen LogP contribution in [0.25, 0.3) is 0 Å². The van der Waals surface area contributed by atoms with Gasteiger partial charge in [-0.25, -0.2) is 0 Å². The fourth-order valence-electron chi connectivity index (χ4n) is 2.84. The summed E-state index contributed by atoms with van der Waals surface area (Å²) in [5.41, 5.74) is 0.410. The first kappa shape index (κ1) is 16.8. The number of benzene rings is 1. The molecule has 1 unspecified atom stereocenters. The second kappa shape index (κ2) is 7.12. The third kappa shape index (κ3) is 3.79. The molecule has 21 heavy (non-hydrogen) atoms. The first-order valence-electron chi connectivity index (χ1n) is 7.40. The lowest BCUT2D eigenvalue weighted by Crippen LogP contribution is -2.48. The maximum absolute atomic E-state index is 12.4. The van der Waals surface area contributed by atoms with Gasteiger partial charge in [-0.2, -0.15) is 0 Å². The van der Waals surface area contributed by atoms with E-state index in [1.165, 1.54) is 0 Å². The van der Waals surface area contributed by atoms with Gasteiger partial charge in [-0.3, -0.25) is 4.79 Å². The van der Waals surface area contributed by atoms with E-state index in [2.05, 4.69) is 35.1 Å². The Hall–Kier alpha value is -0.580. The number of carbonyl (C=O) groups is 1. The highest BCUT2D eigenvalue weighted by Crippen LogP contribution is 2.32. The lowest BCUT2D eigenvalue weighted by molar-refractivity contribution is -0.0917. The summed E-state index contributed by atoms with van der Waals surface area (Å²) >= 11 is 9.53. The maximum atomic E-state index is 12.4. The molecular weight excluding hydrogens is 354 g/mol. The number of rotatable bonds is 4. The Bertz CT molecular complexity index is 517. The van der Waals surface area contributed by atoms with Crippen molar-refractivity contribution in [3.63, 3.8) is 0 Å². The summed E-state index contributed by atoms with van der Waals surface area (Å²) < 4.78 is 6.68. The number of carbonyl (C=O) groups excluding carboxylic acids is 1. The Morgan fingerprint density at radius 3 is 2.86 bits per heavy atom. The van der Waals surface area contributed by atoms with Crippen LogP contribution in [0.1, 0.15) is 49.9 Å². The number of halogens is 2. The van der Waals surface area contributed by atoms with E-state index in [-0.39, 0.29) is 17.6 Å². The van der Waals surface area contributed by atoms with Crippen LogP contribution in [0.4, 0.5) is 0 Å². The van der Waals surface area contributed by atoms with Crippen LogP contribution in [0.5, 0.6) is 0 Å². The third-order valence-corrected chi connectivity index (χ3v) is 5.61. The van der Waals surface area contributed by atoms with Gasteiger partial charge in [-0.1, -0.05) is 31.5 Å². The van der Waals surface area contributed by atoms with Crippen LogP contribution in [0.15, 0.2) is 22.7 Å². The number of hydrogen-bond acceptors (Lipinski definition) is 2. The maximum Gasteiger partial charge on any atom is 0.253 e.